The van der Waals surface area contributed by atoms with Crippen molar-refractivity contribution >= 4 is 34.1 Å². The van der Waals surface area contributed by atoms with Gasteiger partial charge in [0.05, 0.1) is 17.0 Å². The van der Waals surface area contributed by atoms with E-state index in [0.717, 1.165) is 42.6 Å². The number of fused-ring (bicyclic) bond motifs is 1. The summed E-state index contributed by atoms with van der Waals surface area (Å²) in [5, 5.41) is 15.7. The summed E-state index contributed by atoms with van der Waals surface area (Å²) in [6.45, 7) is 6.90. The Kier molecular flexibility index (Phi) is 7.16. The first-order chi connectivity index (χ1) is 15.9. The van der Waals surface area contributed by atoms with E-state index in [9.17, 15) is 10.1 Å². The molecule has 1 aliphatic rings. The van der Waals surface area contributed by atoms with Crippen LogP contribution in [0.3, 0.4) is 0 Å². The lowest BCUT2D eigenvalue weighted by Gasteiger charge is -2.37. The summed E-state index contributed by atoms with van der Waals surface area (Å²) in [6, 6.07) is 14.2. The van der Waals surface area contributed by atoms with Gasteiger partial charge in [0.25, 0.3) is 0 Å². The molecule has 0 radical (unpaired) electrons. The number of benzene rings is 1. The first kappa shape index (κ1) is 23.5. The van der Waals surface area contributed by atoms with E-state index in [4.69, 9.17) is 4.98 Å². The van der Waals surface area contributed by atoms with Crippen molar-refractivity contribution in [3.05, 3.63) is 58.6 Å². The molecule has 170 valence electrons. The third kappa shape index (κ3) is 5.45. The maximum Gasteiger partial charge on any atom is 0.236 e. The Hall–Kier alpha value is -2.69. The number of amides is 1. The second kappa shape index (κ2) is 10.1. The second-order valence-corrected chi connectivity index (χ2v) is 10.9. The van der Waals surface area contributed by atoms with Gasteiger partial charge in [-0.1, -0.05) is 69.3 Å². The number of nitrogens with zero attached hydrogens (tertiary/aromatic N) is 3. The fourth-order valence-electron chi connectivity index (χ4n) is 4.15. The third-order valence-electron chi connectivity index (χ3n) is 6.65. The van der Waals surface area contributed by atoms with Crippen molar-refractivity contribution in [2.24, 2.45) is 11.3 Å². The highest BCUT2D eigenvalue weighted by Gasteiger charge is 2.32. The van der Waals surface area contributed by atoms with Crippen LogP contribution >= 0.6 is 23.1 Å². The van der Waals surface area contributed by atoms with Crippen LogP contribution in [-0.4, -0.2) is 21.6 Å². The number of aryl methyl sites for hydroxylation is 1. The van der Waals surface area contributed by atoms with E-state index in [1.807, 2.05) is 41.8 Å². The van der Waals surface area contributed by atoms with Gasteiger partial charge in [0.2, 0.25) is 5.91 Å². The number of rotatable bonds is 7. The van der Waals surface area contributed by atoms with E-state index in [-0.39, 0.29) is 17.1 Å². The van der Waals surface area contributed by atoms with Crippen molar-refractivity contribution in [2.45, 2.75) is 51.5 Å². The van der Waals surface area contributed by atoms with Crippen LogP contribution in [0.25, 0.3) is 11.3 Å². The van der Waals surface area contributed by atoms with Gasteiger partial charge in [-0.2, -0.15) is 5.26 Å². The molecule has 1 aromatic carbocycles. The van der Waals surface area contributed by atoms with Crippen LogP contribution in [-0.2, 0) is 17.6 Å². The molecule has 1 amide bonds. The van der Waals surface area contributed by atoms with E-state index in [0.29, 0.717) is 21.6 Å². The first-order valence-electron chi connectivity index (χ1n) is 11.3. The maximum absolute atomic E-state index is 12.5. The number of nitriles is 1. The summed E-state index contributed by atoms with van der Waals surface area (Å²) < 4.78 is 0. The molecule has 3 aromatic rings. The van der Waals surface area contributed by atoms with Crippen LogP contribution in [0.5, 0.6) is 0 Å². The Labute approximate surface area is 203 Å². The minimum atomic E-state index is -0.151. The molecule has 0 saturated carbocycles. The summed E-state index contributed by atoms with van der Waals surface area (Å²) in [4.78, 5) is 21.8. The number of carbonyl (C=O) groups excluding carboxylic acids is 1. The molecule has 2 heterocycles. The van der Waals surface area contributed by atoms with Crippen LogP contribution in [0, 0.1) is 22.7 Å². The van der Waals surface area contributed by atoms with Crippen LogP contribution in [0.4, 0.5) is 5.13 Å². The Morgan fingerprint density at radius 1 is 1.30 bits per heavy atom. The summed E-state index contributed by atoms with van der Waals surface area (Å²) in [6.07, 6.45) is 4.15. The molecule has 0 aliphatic heterocycles. The van der Waals surface area contributed by atoms with Crippen molar-refractivity contribution < 1.29 is 4.79 Å². The maximum atomic E-state index is 12.5. The van der Waals surface area contributed by atoms with Crippen LogP contribution < -0.4 is 5.32 Å². The number of thioether (sulfide) groups is 1. The van der Waals surface area contributed by atoms with Gasteiger partial charge in [-0.05, 0) is 42.2 Å². The number of anilines is 1. The van der Waals surface area contributed by atoms with Gasteiger partial charge in [0.15, 0.2) is 5.13 Å². The van der Waals surface area contributed by atoms with Crippen molar-refractivity contribution in [1.29, 1.82) is 5.26 Å². The number of hydrogen-bond donors (Lipinski definition) is 1. The minimum Gasteiger partial charge on any atom is -0.301 e. The summed E-state index contributed by atoms with van der Waals surface area (Å²) in [7, 11) is 0. The van der Waals surface area contributed by atoms with E-state index in [1.54, 1.807) is 0 Å². The Balaban J connectivity index is 1.40. The number of aromatic nitrogens is 2. The topological polar surface area (TPSA) is 78.7 Å². The number of carbonyl (C=O) groups is 1. The standard InChI is InChI=1S/C26H28N4OS2/c1-4-26(2,3)20-10-11-21-18(13-20)12-19(14-27)24(28-21)32-16-23(31)30-25-29-22(15-33-25)17-8-6-5-7-9-17/h5-9,12,15,20H,4,10-11,13,16H2,1-3H3,(H,29,30,31). The molecule has 1 aliphatic carbocycles. The number of hydrogen-bond acceptors (Lipinski definition) is 6. The highest BCUT2D eigenvalue weighted by atomic mass is 32.2. The van der Waals surface area contributed by atoms with Gasteiger partial charge in [0.1, 0.15) is 11.1 Å². The number of nitrogens with one attached hydrogen (secondary N) is 1. The molecule has 1 unspecified atom stereocenters. The monoisotopic (exact) mass is 476 g/mol. The smallest absolute Gasteiger partial charge is 0.236 e. The fourth-order valence-corrected chi connectivity index (χ4v) is 5.66. The Morgan fingerprint density at radius 2 is 2.09 bits per heavy atom. The van der Waals surface area contributed by atoms with Gasteiger partial charge in [-0.25, -0.2) is 9.97 Å². The zero-order valence-electron chi connectivity index (χ0n) is 19.2. The van der Waals surface area contributed by atoms with Crippen molar-refractivity contribution in [3.8, 4) is 17.3 Å². The zero-order valence-corrected chi connectivity index (χ0v) is 20.9. The molecule has 0 spiro atoms. The normalized spacial score (nSPS) is 15.5. The summed E-state index contributed by atoms with van der Waals surface area (Å²) in [5.41, 5.74) is 4.97. The molecule has 0 saturated heterocycles. The largest absolute Gasteiger partial charge is 0.301 e. The molecule has 33 heavy (non-hydrogen) atoms. The highest BCUT2D eigenvalue weighted by molar-refractivity contribution is 8.00. The summed E-state index contributed by atoms with van der Waals surface area (Å²) in [5.74, 6) is 0.639. The molecule has 0 bridgehead atoms. The number of thiazole rings is 1. The third-order valence-corrected chi connectivity index (χ3v) is 8.40. The lowest BCUT2D eigenvalue weighted by atomic mass is 9.69. The molecular weight excluding hydrogens is 448 g/mol. The zero-order chi connectivity index (χ0) is 23.4. The van der Waals surface area contributed by atoms with Gasteiger partial charge in [-0.15, -0.1) is 11.3 Å². The van der Waals surface area contributed by atoms with Crippen molar-refractivity contribution in [2.75, 3.05) is 11.1 Å². The first-order valence-corrected chi connectivity index (χ1v) is 13.1. The van der Waals surface area contributed by atoms with Crippen molar-refractivity contribution in [3.63, 3.8) is 0 Å². The lowest BCUT2D eigenvalue weighted by Crippen LogP contribution is -2.29. The van der Waals surface area contributed by atoms with Crippen LogP contribution in [0.2, 0.25) is 0 Å². The van der Waals surface area contributed by atoms with Gasteiger partial charge < -0.3 is 5.32 Å². The molecule has 5 nitrogen and oxygen atoms in total. The predicted molar refractivity (Wildman–Crippen MR) is 135 cm³/mol. The minimum absolute atomic E-state index is 0.151. The Bertz CT molecular complexity index is 1180. The average molecular weight is 477 g/mol. The molecular formula is C26H28N4OS2. The highest BCUT2D eigenvalue weighted by Crippen LogP contribution is 2.40. The van der Waals surface area contributed by atoms with Crippen molar-refractivity contribution in [1.82, 2.24) is 9.97 Å². The fraction of sp³-hybridized carbons (Fsp3) is 0.385. The Morgan fingerprint density at radius 3 is 2.82 bits per heavy atom. The molecule has 2 aromatic heterocycles. The quantitative estimate of drug-likeness (QED) is 0.402. The van der Waals surface area contributed by atoms with E-state index in [1.165, 1.54) is 28.7 Å². The summed E-state index contributed by atoms with van der Waals surface area (Å²) >= 11 is 2.72. The molecule has 4 rings (SSSR count). The van der Waals surface area contributed by atoms with E-state index >= 15 is 0 Å². The van der Waals surface area contributed by atoms with Gasteiger partial charge in [0, 0.05) is 16.6 Å². The average Bonchev–Trinajstić information content (AvgIpc) is 3.30. The molecule has 0 fully saturated rings. The predicted octanol–water partition coefficient (Wildman–Crippen LogP) is 6.35. The van der Waals surface area contributed by atoms with E-state index < -0.39 is 0 Å². The van der Waals surface area contributed by atoms with E-state index in [2.05, 4.69) is 37.1 Å². The second-order valence-electron chi connectivity index (χ2n) is 9.08. The number of pyridine rings is 1. The van der Waals surface area contributed by atoms with Crippen LogP contribution in [0.15, 0.2) is 46.8 Å². The van der Waals surface area contributed by atoms with Gasteiger partial charge in [-0.3, -0.25) is 4.79 Å². The SMILES string of the molecule is CCC(C)(C)C1CCc2nc(SCC(=O)Nc3nc(-c4ccccc4)cs3)c(C#N)cc2C1. The van der Waals surface area contributed by atoms with Gasteiger partial charge >= 0.3 is 0 Å². The molecule has 1 atom stereocenters. The molecule has 1 N–H and O–H groups in total. The molecule has 7 heteroatoms. The lowest BCUT2D eigenvalue weighted by molar-refractivity contribution is -0.113. The van der Waals surface area contributed by atoms with Crippen LogP contribution in [0.1, 0.15) is 50.4 Å².